The third-order valence-electron chi connectivity index (χ3n) is 5.32. The summed E-state index contributed by atoms with van der Waals surface area (Å²) in [6.45, 7) is 11.9. The maximum atomic E-state index is 13.2. The largest absolute Gasteiger partial charge is 0.254 e. The van der Waals surface area contributed by atoms with Crippen molar-refractivity contribution in [1.29, 1.82) is 0 Å². The van der Waals surface area contributed by atoms with Gasteiger partial charge in [0.15, 0.2) is 0 Å². The van der Waals surface area contributed by atoms with Gasteiger partial charge in [0, 0.05) is 0 Å². The van der Waals surface area contributed by atoms with E-state index in [4.69, 9.17) is 0 Å². The van der Waals surface area contributed by atoms with Crippen LogP contribution in [0, 0.1) is 0 Å². The average Bonchev–Trinajstić information content (AvgIpc) is 3.07. The minimum Gasteiger partial charge on any atom is -0.211 e. The SMILES string of the molecule is CC(C)c1cc(C(C)C)c(S(=O)(=O)NS(=O)(=O)C2CCCC2)c(C(C)C)c1. The Hall–Kier alpha value is -0.920. The van der Waals surface area contributed by atoms with Gasteiger partial charge in [0.1, 0.15) is 0 Å². The highest BCUT2D eigenvalue weighted by Crippen LogP contribution is 2.35. The highest BCUT2D eigenvalue weighted by Gasteiger charge is 2.35. The normalized spacial score (nSPS) is 16.8. The van der Waals surface area contributed by atoms with Gasteiger partial charge in [-0.3, -0.25) is 0 Å². The van der Waals surface area contributed by atoms with Crippen LogP contribution >= 0.6 is 0 Å². The molecule has 0 unspecified atom stereocenters. The molecule has 0 aromatic heterocycles. The molecule has 0 heterocycles. The Bertz CT molecular complexity index is 850. The zero-order chi connectivity index (χ0) is 20.6. The molecule has 2 rings (SSSR count). The summed E-state index contributed by atoms with van der Waals surface area (Å²) in [7, 11) is -8.10. The lowest BCUT2D eigenvalue weighted by Crippen LogP contribution is -2.38. The molecule has 0 bridgehead atoms. The number of rotatable bonds is 7. The molecule has 0 radical (unpaired) electrons. The fraction of sp³-hybridized carbons (Fsp3) is 0.700. The minimum absolute atomic E-state index is 0.0399. The smallest absolute Gasteiger partial charge is 0.211 e. The molecule has 0 aliphatic heterocycles. The molecule has 1 saturated carbocycles. The fourth-order valence-electron chi connectivity index (χ4n) is 3.66. The van der Waals surface area contributed by atoms with Gasteiger partial charge >= 0.3 is 0 Å². The molecule has 1 aliphatic carbocycles. The third-order valence-corrected chi connectivity index (χ3v) is 9.48. The first kappa shape index (κ1) is 22.4. The van der Waals surface area contributed by atoms with Crippen LogP contribution in [0.2, 0.25) is 0 Å². The van der Waals surface area contributed by atoms with Crippen LogP contribution in [0.1, 0.15) is 102 Å². The van der Waals surface area contributed by atoms with E-state index >= 15 is 0 Å². The number of nitrogens with one attached hydrogen (secondary N) is 1. The summed E-state index contributed by atoms with van der Waals surface area (Å²) in [6, 6.07) is 3.83. The topological polar surface area (TPSA) is 80.3 Å². The van der Waals surface area contributed by atoms with Crippen molar-refractivity contribution in [2.75, 3.05) is 0 Å². The average molecular weight is 416 g/mol. The molecule has 154 valence electrons. The van der Waals surface area contributed by atoms with Crippen molar-refractivity contribution in [2.24, 2.45) is 0 Å². The summed E-state index contributed by atoms with van der Waals surface area (Å²) in [5.41, 5.74) is 2.43. The molecule has 0 saturated heterocycles. The van der Waals surface area contributed by atoms with Gasteiger partial charge in [-0.05, 0) is 47.3 Å². The Balaban J connectivity index is 2.63. The van der Waals surface area contributed by atoms with E-state index < -0.39 is 25.3 Å². The first-order chi connectivity index (χ1) is 12.4. The van der Waals surface area contributed by atoms with Crippen LogP contribution in [0.5, 0.6) is 0 Å². The molecular formula is C20H33NO4S2. The maximum Gasteiger partial charge on any atom is 0.254 e. The summed E-state index contributed by atoms with van der Waals surface area (Å²) in [4.78, 5) is 0.137. The van der Waals surface area contributed by atoms with Crippen molar-refractivity contribution >= 4 is 20.0 Å². The van der Waals surface area contributed by atoms with Crippen molar-refractivity contribution in [3.63, 3.8) is 0 Å². The molecule has 5 nitrogen and oxygen atoms in total. The standard InChI is InChI=1S/C20H33NO4S2/c1-13(2)16-11-18(14(3)4)20(19(12-16)15(5)6)27(24,25)21-26(22,23)17-9-7-8-10-17/h11-15,17,21H,7-10H2,1-6H3. The van der Waals surface area contributed by atoms with Crippen LogP contribution in [-0.2, 0) is 20.0 Å². The molecule has 1 N–H and O–H groups in total. The van der Waals surface area contributed by atoms with Gasteiger partial charge < -0.3 is 0 Å². The van der Waals surface area contributed by atoms with Gasteiger partial charge in [-0.15, -0.1) is 4.13 Å². The second-order valence-electron chi connectivity index (χ2n) is 8.53. The van der Waals surface area contributed by atoms with Crippen LogP contribution < -0.4 is 4.13 Å². The Labute approximate surface area is 165 Å². The summed E-state index contributed by atoms with van der Waals surface area (Å²) in [6.07, 6.45) is 2.68. The number of hydrogen-bond donors (Lipinski definition) is 1. The first-order valence-corrected chi connectivity index (χ1v) is 12.8. The van der Waals surface area contributed by atoms with Gasteiger partial charge in [0.25, 0.3) is 10.0 Å². The van der Waals surface area contributed by atoms with E-state index in [1.165, 1.54) is 0 Å². The van der Waals surface area contributed by atoms with Gasteiger partial charge in [0.2, 0.25) is 10.0 Å². The second kappa shape index (κ2) is 8.21. The molecule has 27 heavy (non-hydrogen) atoms. The zero-order valence-electron chi connectivity index (χ0n) is 17.2. The van der Waals surface area contributed by atoms with E-state index in [1.807, 2.05) is 39.8 Å². The molecule has 0 amide bonds. The monoisotopic (exact) mass is 415 g/mol. The highest BCUT2D eigenvalue weighted by molar-refractivity contribution is 8.05. The van der Waals surface area contributed by atoms with Crippen LogP contribution in [0.3, 0.4) is 0 Å². The predicted molar refractivity (Wildman–Crippen MR) is 110 cm³/mol. The molecule has 1 aliphatic rings. The van der Waals surface area contributed by atoms with Crippen LogP contribution in [0.25, 0.3) is 0 Å². The van der Waals surface area contributed by atoms with Gasteiger partial charge in [-0.1, -0.05) is 66.5 Å². The van der Waals surface area contributed by atoms with Crippen molar-refractivity contribution in [3.05, 3.63) is 28.8 Å². The van der Waals surface area contributed by atoms with Crippen LogP contribution in [0.4, 0.5) is 0 Å². The number of hydrogen-bond acceptors (Lipinski definition) is 4. The van der Waals surface area contributed by atoms with E-state index in [-0.39, 0.29) is 22.6 Å². The summed E-state index contributed by atoms with van der Waals surface area (Å²) >= 11 is 0. The van der Waals surface area contributed by atoms with Crippen molar-refractivity contribution in [2.45, 2.75) is 95.1 Å². The molecular weight excluding hydrogens is 382 g/mol. The third kappa shape index (κ3) is 4.93. The predicted octanol–water partition coefficient (Wildman–Crippen LogP) is 4.61. The molecule has 0 atom stereocenters. The lowest BCUT2D eigenvalue weighted by atomic mass is 9.89. The van der Waals surface area contributed by atoms with Crippen molar-refractivity contribution < 1.29 is 16.8 Å². The second-order valence-corrected chi connectivity index (χ2v) is 12.4. The number of benzene rings is 1. The highest BCUT2D eigenvalue weighted by atomic mass is 32.3. The summed E-state index contributed by atoms with van der Waals surface area (Å²) < 4.78 is 53.9. The van der Waals surface area contributed by atoms with Gasteiger partial charge in [-0.2, -0.15) is 0 Å². The maximum absolute atomic E-state index is 13.2. The van der Waals surface area contributed by atoms with E-state index in [1.54, 1.807) is 0 Å². The van der Waals surface area contributed by atoms with Crippen LogP contribution in [0.15, 0.2) is 17.0 Å². The van der Waals surface area contributed by atoms with Crippen LogP contribution in [-0.4, -0.2) is 22.1 Å². The van der Waals surface area contributed by atoms with E-state index in [0.29, 0.717) is 24.0 Å². The minimum atomic E-state index is -4.19. The quantitative estimate of drug-likeness (QED) is 0.705. The van der Waals surface area contributed by atoms with E-state index in [0.717, 1.165) is 18.4 Å². The lowest BCUT2D eigenvalue weighted by Gasteiger charge is -2.23. The first-order valence-electron chi connectivity index (χ1n) is 9.82. The van der Waals surface area contributed by atoms with E-state index in [2.05, 4.69) is 18.0 Å². The molecule has 1 fully saturated rings. The van der Waals surface area contributed by atoms with Gasteiger partial charge in [-0.25, -0.2) is 16.8 Å². The zero-order valence-corrected chi connectivity index (χ0v) is 18.9. The molecule has 7 heteroatoms. The molecule has 1 aromatic rings. The van der Waals surface area contributed by atoms with Crippen molar-refractivity contribution in [1.82, 2.24) is 4.13 Å². The Kier molecular flexibility index (Phi) is 6.80. The Morgan fingerprint density at radius 2 is 1.26 bits per heavy atom. The summed E-state index contributed by atoms with van der Waals surface area (Å²) in [5, 5.41) is -0.618. The van der Waals surface area contributed by atoms with Crippen molar-refractivity contribution in [3.8, 4) is 0 Å². The number of sulfonamides is 2. The van der Waals surface area contributed by atoms with E-state index in [9.17, 15) is 16.8 Å². The van der Waals surface area contributed by atoms with Gasteiger partial charge in [0.05, 0.1) is 10.1 Å². The Morgan fingerprint density at radius 1 is 0.815 bits per heavy atom. The fourth-order valence-corrected chi connectivity index (χ4v) is 7.93. The Morgan fingerprint density at radius 3 is 1.63 bits per heavy atom. The summed E-state index contributed by atoms with van der Waals surface area (Å²) in [5.74, 6) is 0.177. The molecule has 0 spiro atoms. The molecule has 1 aromatic carbocycles. The lowest BCUT2D eigenvalue weighted by molar-refractivity contribution is 0.564.